The summed E-state index contributed by atoms with van der Waals surface area (Å²) in [7, 11) is 1.48. The molecule has 0 aliphatic heterocycles. The molecule has 0 bridgehead atoms. The maximum absolute atomic E-state index is 15.5. The van der Waals surface area contributed by atoms with Crippen molar-refractivity contribution in [3.63, 3.8) is 0 Å². The summed E-state index contributed by atoms with van der Waals surface area (Å²) in [5, 5.41) is 16.3. The van der Waals surface area contributed by atoms with Crippen molar-refractivity contribution < 1.29 is 32.2 Å². The number of aliphatic hydroxyl groups excluding tert-OH is 1. The standard InChI is InChI=1S/C22H22F4N4O3/c1-11-7-5-6-8-16(11)27-21(32)15-10-9-14(19-28-20(12(2)31)30(4)29-19)17(23)18(15)33-13(3)22(24,25)26/h5-10,12-13,31H,1-4H3,(H,27,32)/t12-,13-/m0/s1. The number of benzene rings is 2. The number of carbonyl (C=O) groups is 1. The Kier molecular flexibility index (Phi) is 6.73. The van der Waals surface area contributed by atoms with Crippen molar-refractivity contribution in [1.82, 2.24) is 14.8 Å². The van der Waals surface area contributed by atoms with E-state index in [-0.39, 0.29) is 17.2 Å². The summed E-state index contributed by atoms with van der Waals surface area (Å²) in [5.74, 6) is -3.02. The number of aryl methyl sites for hydroxylation is 2. The van der Waals surface area contributed by atoms with Gasteiger partial charge in [-0.2, -0.15) is 18.3 Å². The van der Waals surface area contributed by atoms with Gasteiger partial charge in [0.1, 0.15) is 6.10 Å². The zero-order valence-corrected chi connectivity index (χ0v) is 18.2. The number of nitrogens with one attached hydrogen (secondary N) is 1. The van der Waals surface area contributed by atoms with Crippen LogP contribution in [0.5, 0.6) is 5.75 Å². The van der Waals surface area contributed by atoms with Crippen molar-refractivity contribution in [2.45, 2.75) is 39.2 Å². The molecule has 0 unspecified atom stereocenters. The number of alkyl halides is 3. The van der Waals surface area contributed by atoms with Crippen molar-refractivity contribution in [3.05, 3.63) is 59.2 Å². The van der Waals surface area contributed by atoms with Gasteiger partial charge in [-0.1, -0.05) is 18.2 Å². The second kappa shape index (κ2) is 9.18. The van der Waals surface area contributed by atoms with Gasteiger partial charge in [0.15, 0.2) is 29.3 Å². The highest BCUT2D eigenvalue weighted by Crippen LogP contribution is 2.35. The Morgan fingerprint density at radius 2 is 1.85 bits per heavy atom. The van der Waals surface area contributed by atoms with Gasteiger partial charge >= 0.3 is 6.18 Å². The predicted octanol–water partition coefficient (Wildman–Crippen LogP) is 4.56. The highest BCUT2D eigenvalue weighted by atomic mass is 19.4. The Bertz CT molecular complexity index is 1170. The quantitative estimate of drug-likeness (QED) is 0.520. The zero-order valence-electron chi connectivity index (χ0n) is 18.2. The van der Waals surface area contributed by atoms with E-state index in [1.807, 2.05) is 0 Å². The van der Waals surface area contributed by atoms with E-state index in [2.05, 4.69) is 15.4 Å². The van der Waals surface area contributed by atoms with Gasteiger partial charge in [-0.3, -0.25) is 9.48 Å². The summed E-state index contributed by atoms with van der Waals surface area (Å²) in [4.78, 5) is 16.9. The molecule has 2 aromatic carbocycles. The van der Waals surface area contributed by atoms with Crippen LogP contribution in [0.15, 0.2) is 36.4 Å². The summed E-state index contributed by atoms with van der Waals surface area (Å²) >= 11 is 0. The number of aliphatic hydroxyl groups is 1. The van der Waals surface area contributed by atoms with Gasteiger partial charge in [0, 0.05) is 12.7 Å². The lowest BCUT2D eigenvalue weighted by Gasteiger charge is -2.21. The predicted molar refractivity (Wildman–Crippen MR) is 112 cm³/mol. The average Bonchev–Trinajstić information content (AvgIpc) is 3.11. The molecule has 3 rings (SSSR count). The van der Waals surface area contributed by atoms with Crippen LogP contribution in [0.4, 0.5) is 23.2 Å². The first-order valence-electron chi connectivity index (χ1n) is 9.92. The molecule has 1 aromatic heterocycles. The van der Waals surface area contributed by atoms with Crippen LogP contribution in [-0.4, -0.2) is 38.1 Å². The van der Waals surface area contributed by atoms with Gasteiger partial charge in [0.05, 0.1) is 11.1 Å². The van der Waals surface area contributed by atoms with Crippen LogP contribution in [-0.2, 0) is 7.05 Å². The number of halogens is 4. The first kappa shape index (κ1) is 24.2. The lowest BCUT2D eigenvalue weighted by molar-refractivity contribution is -0.189. The minimum absolute atomic E-state index is 0.122. The van der Waals surface area contributed by atoms with E-state index in [9.17, 15) is 23.1 Å². The highest BCUT2D eigenvalue weighted by Gasteiger charge is 2.39. The van der Waals surface area contributed by atoms with Crippen molar-refractivity contribution in [2.75, 3.05) is 5.32 Å². The number of nitrogens with zero attached hydrogens (tertiary/aromatic N) is 3. The molecule has 176 valence electrons. The fourth-order valence-electron chi connectivity index (χ4n) is 3.04. The van der Waals surface area contributed by atoms with Gasteiger partial charge in [-0.25, -0.2) is 9.37 Å². The highest BCUT2D eigenvalue weighted by molar-refractivity contribution is 6.07. The molecule has 0 aliphatic rings. The molecule has 0 spiro atoms. The molecule has 0 saturated carbocycles. The molecule has 0 fully saturated rings. The minimum Gasteiger partial charge on any atom is -0.477 e. The molecule has 3 aromatic rings. The van der Waals surface area contributed by atoms with Crippen LogP contribution in [0.25, 0.3) is 11.4 Å². The van der Waals surface area contributed by atoms with Crippen LogP contribution in [0.1, 0.15) is 41.7 Å². The first-order chi connectivity index (χ1) is 15.4. The SMILES string of the molecule is Cc1ccccc1NC(=O)c1ccc(-c2nc([C@H](C)O)n(C)n2)c(F)c1O[C@@H](C)C(F)(F)F. The fraction of sp³-hybridized carbons (Fsp3) is 0.318. The Balaban J connectivity index is 2.09. The molecule has 0 saturated heterocycles. The summed E-state index contributed by atoms with van der Waals surface area (Å²) in [6.45, 7) is 3.87. The lowest BCUT2D eigenvalue weighted by atomic mass is 10.1. The average molecular weight is 466 g/mol. The second-order valence-corrected chi connectivity index (χ2v) is 7.47. The smallest absolute Gasteiger partial charge is 0.425 e. The monoisotopic (exact) mass is 466 g/mol. The van der Waals surface area contributed by atoms with E-state index >= 15 is 4.39 Å². The van der Waals surface area contributed by atoms with E-state index in [1.54, 1.807) is 31.2 Å². The number of amides is 1. The Labute approximate surface area is 187 Å². The second-order valence-electron chi connectivity index (χ2n) is 7.47. The maximum Gasteiger partial charge on any atom is 0.425 e. The number of ether oxygens (including phenoxy) is 1. The van der Waals surface area contributed by atoms with Crippen LogP contribution < -0.4 is 10.1 Å². The number of para-hydroxylation sites is 1. The molecule has 11 heteroatoms. The van der Waals surface area contributed by atoms with E-state index in [1.165, 1.54) is 24.7 Å². The Morgan fingerprint density at radius 1 is 1.18 bits per heavy atom. The molecule has 1 amide bonds. The maximum atomic E-state index is 15.5. The van der Waals surface area contributed by atoms with Crippen LogP contribution in [0, 0.1) is 12.7 Å². The normalized spacial score (nSPS) is 13.5. The molecule has 7 nitrogen and oxygen atoms in total. The Morgan fingerprint density at radius 3 is 2.42 bits per heavy atom. The summed E-state index contributed by atoms with van der Waals surface area (Å²) in [6, 6.07) is 9.07. The summed E-state index contributed by atoms with van der Waals surface area (Å²) < 4.78 is 61.1. The first-order valence-corrected chi connectivity index (χ1v) is 9.92. The summed E-state index contributed by atoms with van der Waals surface area (Å²) in [5.41, 5.74) is 0.406. The zero-order chi connectivity index (χ0) is 24.5. The van der Waals surface area contributed by atoms with Gasteiger partial charge in [0.2, 0.25) is 0 Å². The third-order valence-electron chi connectivity index (χ3n) is 4.90. The molecule has 0 radical (unpaired) electrons. The third kappa shape index (κ3) is 5.14. The number of hydrogen-bond donors (Lipinski definition) is 2. The van der Waals surface area contributed by atoms with Gasteiger partial charge in [-0.05, 0) is 44.5 Å². The number of anilines is 1. The minimum atomic E-state index is -4.80. The number of carbonyl (C=O) groups excluding carboxylic acids is 1. The topological polar surface area (TPSA) is 89.3 Å². The van der Waals surface area contributed by atoms with Crippen LogP contribution in [0.3, 0.4) is 0 Å². The number of hydrogen-bond acceptors (Lipinski definition) is 5. The molecular formula is C22H22F4N4O3. The molecule has 0 aliphatic carbocycles. The van der Waals surface area contributed by atoms with Crippen LogP contribution in [0.2, 0.25) is 0 Å². The van der Waals surface area contributed by atoms with Crippen molar-refractivity contribution in [1.29, 1.82) is 0 Å². The fourth-order valence-corrected chi connectivity index (χ4v) is 3.04. The van der Waals surface area contributed by atoms with E-state index in [0.29, 0.717) is 18.2 Å². The van der Waals surface area contributed by atoms with E-state index < -0.39 is 41.4 Å². The third-order valence-corrected chi connectivity index (χ3v) is 4.90. The van der Waals surface area contributed by atoms with Gasteiger partial charge in [0.25, 0.3) is 5.91 Å². The lowest BCUT2D eigenvalue weighted by Crippen LogP contribution is -2.32. The van der Waals surface area contributed by atoms with E-state index in [4.69, 9.17) is 4.74 Å². The van der Waals surface area contributed by atoms with Crippen molar-refractivity contribution >= 4 is 11.6 Å². The number of rotatable bonds is 6. The summed E-state index contributed by atoms with van der Waals surface area (Å²) in [6.07, 6.45) is -8.20. The van der Waals surface area contributed by atoms with Crippen LogP contribution >= 0.6 is 0 Å². The number of aromatic nitrogens is 3. The molecule has 2 N–H and O–H groups in total. The Hall–Kier alpha value is -3.47. The van der Waals surface area contributed by atoms with Gasteiger partial charge < -0.3 is 15.2 Å². The largest absolute Gasteiger partial charge is 0.477 e. The van der Waals surface area contributed by atoms with E-state index in [0.717, 1.165) is 6.07 Å². The van der Waals surface area contributed by atoms with Crippen molar-refractivity contribution in [2.24, 2.45) is 7.05 Å². The molecule has 2 atom stereocenters. The van der Waals surface area contributed by atoms with Crippen molar-refractivity contribution in [3.8, 4) is 17.1 Å². The van der Waals surface area contributed by atoms with Gasteiger partial charge in [-0.15, -0.1) is 0 Å². The molecule has 1 heterocycles. The molecular weight excluding hydrogens is 444 g/mol. The molecule has 33 heavy (non-hydrogen) atoms.